The molecule has 1 N–H and O–H groups in total. The van der Waals surface area contributed by atoms with Crippen molar-refractivity contribution in [3.8, 4) is 0 Å². The van der Waals surface area contributed by atoms with Crippen molar-refractivity contribution in [2.75, 3.05) is 0 Å². The molecule has 2 aromatic rings. The summed E-state index contributed by atoms with van der Waals surface area (Å²) < 4.78 is 14.7. The first-order valence-corrected chi connectivity index (χ1v) is 7.67. The van der Waals surface area contributed by atoms with Crippen LogP contribution in [0.1, 0.15) is 16.5 Å². The van der Waals surface area contributed by atoms with Crippen LogP contribution in [-0.2, 0) is 6.42 Å². The number of hydrogen-bond donors (Lipinski definition) is 1. The third-order valence-corrected chi connectivity index (χ3v) is 4.99. The Kier molecular flexibility index (Phi) is 4.57. The van der Waals surface area contributed by atoms with Gasteiger partial charge in [-0.3, -0.25) is 0 Å². The van der Waals surface area contributed by atoms with Crippen LogP contribution < -0.4 is 0 Å². The average molecular weight is 427 g/mol. The summed E-state index contributed by atoms with van der Waals surface area (Å²) in [6, 6.07) is 6.45. The van der Waals surface area contributed by atoms with Gasteiger partial charge in [-0.1, -0.05) is 6.07 Å². The van der Waals surface area contributed by atoms with Gasteiger partial charge in [-0.05, 0) is 62.3 Å². The van der Waals surface area contributed by atoms with Crippen molar-refractivity contribution in [3.63, 3.8) is 0 Å². The molecule has 1 nitrogen and oxygen atoms in total. The molecule has 17 heavy (non-hydrogen) atoms. The molecule has 5 heteroatoms. The summed E-state index contributed by atoms with van der Waals surface area (Å²) in [5.74, 6) is -0.274. The molecule has 0 aliphatic carbocycles. The van der Waals surface area contributed by atoms with E-state index in [1.54, 1.807) is 17.4 Å². The van der Waals surface area contributed by atoms with E-state index in [1.165, 1.54) is 12.1 Å². The molecule has 1 heterocycles. The van der Waals surface area contributed by atoms with E-state index < -0.39 is 6.10 Å². The minimum absolute atomic E-state index is 0.274. The molecular formula is C12H9BrFIOS. The number of benzene rings is 1. The van der Waals surface area contributed by atoms with Gasteiger partial charge < -0.3 is 5.11 Å². The normalized spacial score (nSPS) is 12.7. The molecule has 2 rings (SSSR count). The summed E-state index contributed by atoms with van der Waals surface area (Å²) in [6.45, 7) is 0. The van der Waals surface area contributed by atoms with E-state index in [0.29, 0.717) is 6.42 Å². The summed E-state index contributed by atoms with van der Waals surface area (Å²) in [7, 11) is 0. The maximum atomic E-state index is 13.0. The number of aliphatic hydroxyl groups is 1. The van der Waals surface area contributed by atoms with Gasteiger partial charge in [0.15, 0.2) is 0 Å². The van der Waals surface area contributed by atoms with E-state index in [-0.39, 0.29) is 5.82 Å². The average Bonchev–Trinajstić information content (AvgIpc) is 2.63. The monoisotopic (exact) mass is 426 g/mol. The Morgan fingerprint density at radius 3 is 2.76 bits per heavy atom. The summed E-state index contributed by atoms with van der Waals surface area (Å²) in [5.41, 5.74) is 0.775. The van der Waals surface area contributed by atoms with Crippen LogP contribution in [0.2, 0.25) is 0 Å². The fourth-order valence-electron chi connectivity index (χ4n) is 1.53. The Labute approximate surface area is 125 Å². The molecule has 90 valence electrons. The van der Waals surface area contributed by atoms with Gasteiger partial charge in [0.05, 0.1) is 6.10 Å². The highest BCUT2D eigenvalue weighted by Gasteiger charge is 2.13. The largest absolute Gasteiger partial charge is 0.388 e. The summed E-state index contributed by atoms with van der Waals surface area (Å²) in [4.78, 5) is 1.10. The molecule has 0 aliphatic rings. The first-order chi connectivity index (χ1) is 8.06. The maximum Gasteiger partial charge on any atom is 0.124 e. The zero-order chi connectivity index (χ0) is 12.4. The first-order valence-electron chi connectivity index (χ1n) is 4.92. The maximum absolute atomic E-state index is 13.0. The molecule has 1 aromatic heterocycles. The lowest BCUT2D eigenvalue weighted by molar-refractivity contribution is 0.178. The van der Waals surface area contributed by atoms with Gasteiger partial charge in [0, 0.05) is 24.7 Å². The van der Waals surface area contributed by atoms with Crippen molar-refractivity contribution < 1.29 is 9.50 Å². The fourth-order valence-corrected chi connectivity index (χ4v) is 3.86. The fraction of sp³-hybridized carbons (Fsp3) is 0.167. The Morgan fingerprint density at radius 2 is 2.18 bits per heavy atom. The molecular weight excluding hydrogens is 418 g/mol. The smallest absolute Gasteiger partial charge is 0.124 e. The number of aliphatic hydroxyl groups excluding tert-OH is 1. The summed E-state index contributed by atoms with van der Waals surface area (Å²) in [5, 5.41) is 12.1. The van der Waals surface area contributed by atoms with Gasteiger partial charge in [-0.25, -0.2) is 4.39 Å². The van der Waals surface area contributed by atoms with Crippen LogP contribution in [0.25, 0.3) is 0 Å². The second kappa shape index (κ2) is 5.77. The van der Waals surface area contributed by atoms with E-state index in [2.05, 4.69) is 15.9 Å². The lowest BCUT2D eigenvalue weighted by Crippen LogP contribution is -2.03. The molecule has 1 aromatic carbocycles. The Balaban J connectivity index is 2.17. The second-order valence-corrected chi connectivity index (χ2v) is 6.69. The van der Waals surface area contributed by atoms with E-state index in [4.69, 9.17) is 0 Å². The highest BCUT2D eigenvalue weighted by Crippen LogP contribution is 2.28. The van der Waals surface area contributed by atoms with Gasteiger partial charge in [0.1, 0.15) is 5.82 Å². The Hall–Kier alpha value is 0.0200. The minimum atomic E-state index is -0.590. The summed E-state index contributed by atoms with van der Waals surface area (Å²) in [6.07, 6.45) is -0.0363. The first kappa shape index (κ1) is 13.5. The minimum Gasteiger partial charge on any atom is -0.388 e. The Morgan fingerprint density at radius 1 is 1.41 bits per heavy atom. The molecule has 0 aliphatic heterocycles. The van der Waals surface area contributed by atoms with Crippen molar-refractivity contribution in [2.45, 2.75) is 12.5 Å². The molecule has 1 unspecified atom stereocenters. The number of hydrogen-bond acceptors (Lipinski definition) is 2. The lowest BCUT2D eigenvalue weighted by atomic mass is 10.1. The lowest BCUT2D eigenvalue weighted by Gasteiger charge is -2.11. The van der Waals surface area contributed by atoms with Crippen molar-refractivity contribution in [1.29, 1.82) is 0 Å². The molecule has 1 atom stereocenters. The highest BCUT2D eigenvalue weighted by atomic mass is 127. The molecule has 0 saturated heterocycles. The molecule has 0 spiro atoms. The van der Waals surface area contributed by atoms with Crippen molar-refractivity contribution >= 4 is 49.9 Å². The summed E-state index contributed by atoms with van der Waals surface area (Å²) >= 11 is 7.02. The van der Waals surface area contributed by atoms with Crippen LogP contribution >= 0.6 is 49.9 Å². The quantitative estimate of drug-likeness (QED) is 0.715. The van der Waals surface area contributed by atoms with Gasteiger partial charge in [0.25, 0.3) is 0 Å². The number of halogens is 3. The van der Waals surface area contributed by atoms with Crippen LogP contribution in [0.15, 0.2) is 34.1 Å². The van der Waals surface area contributed by atoms with E-state index in [9.17, 15) is 9.50 Å². The van der Waals surface area contributed by atoms with Crippen LogP contribution in [0.4, 0.5) is 4.39 Å². The SMILES string of the molecule is OC(Cc1cc(Br)cs1)c1ccc(F)cc1I. The number of rotatable bonds is 3. The molecule has 0 radical (unpaired) electrons. The van der Waals surface area contributed by atoms with Gasteiger partial charge in [0.2, 0.25) is 0 Å². The second-order valence-electron chi connectivity index (χ2n) is 3.62. The van der Waals surface area contributed by atoms with Crippen LogP contribution in [0, 0.1) is 9.39 Å². The third-order valence-electron chi connectivity index (χ3n) is 2.34. The predicted molar refractivity (Wildman–Crippen MR) is 79.8 cm³/mol. The third kappa shape index (κ3) is 3.49. The van der Waals surface area contributed by atoms with Gasteiger partial charge in [-0.2, -0.15) is 0 Å². The van der Waals surface area contributed by atoms with E-state index in [1.807, 2.05) is 34.0 Å². The molecule has 0 fully saturated rings. The molecule has 0 bridgehead atoms. The predicted octanol–water partition coefficient (Wildman–Crippen LogP) is 4.53. The van der Waals surface area contributed by atoms with Crippen LogP contribution in [0.3, 0.4) is 0 Å². The topological polar surface area (TPSA) is 20.2 Å². The van der Waals surface area contributed by atoms with Crippen LogP contribution in [-0.4, -0.2) is 5.11 Å². The van der Waals surface area contributed by atoms with Gasteiger partial charge >= 0.3 is 0 Å². The number of thiophene rings is 1. The molecule has 0 amide bonds. The van der Waals surface area contributed by atoms with Crippen molar-refractivity contribution in [3.05, 3.63) is 53.9 Å². The zero-order valence-electron chi connectivity index (χ0n) is 8.66. The Bertz CT molecular complexity index is 529. The standard InChI is InChI=1S/C12H9BrFIOS/c13-7-3-9(17-6-7)5-12(16)10-2-1-8(14)4-11(10)15/h1-4,6,12,16H,5H2. The van der Waals surface area contributed by atoms with E-state index >= 15 is 0 Å². The van der Waals surface area contributed by atoms with E-state index in [0.717, 1.165) is 18.5 Å². The van der Waals surface area contributed by atoms with Crippen molar-refractivity contribution in [1.82, 2.24) is 0 Å². The zero-order valence-corrected chi connectivity index (χ0v) is 13.2. The van der Waals surface area contributed by atoms with Gasteiger partial charge in [-0.15, -0.1) is 11.3 Å². The van der Waals surface area contributed by atoms with Crippen LogP contribution in [0.5, 0.6) is 0 Å². The highest BCUT2D eigenvalue weighted by molar-refractivity contribution is 14.1. The van der Waals surface area contributed by atoms with Crippen molar-refractivity contribution in [2.24, 2.45) is 0 Å². The molecule has 0 saturated carbocycles.